The Labute approximate surface area is 164 Å². The van der Waals surface area contributed by atoms with Crippen LogP contribution in [0.2, 0.25) is 10.0 Å². The Morgan fingerprint density at radius 2 is 1.88 bits per heavy atom. The fourth-order valence-electron chi connectivity index (χ4n) is 2.30. The van der Waals surface area contributed by atoms with Gasteiger partial charge in [0.2, 0.25) is 0 Å². The van der Waals surface area contributed by atoms with Crippen molar-refractivity contribution < 1.29 is 19.4 Å². The molecule has 0 spiro atoms. The highest BCUT2D eigenvalue weighted by Gasteiger charge is 2.35. The van der Waals surface area contributed by atoms with E-state index in [0.29, 0.717) is 10.8 Å². The maximum absolute atomic E-state index is 12.5. The standard InChI is InChI=1S/C18H13Cl2NO4S/c19-12-8-11(16(22)14(20)10-12)9-15-17(23)21(18(24)26-15)6-7-25-13-4-2-1-3-5-13/h1-5,8-10,22H,6-7H2/b15-9-. The highest BCUT2D eigenvalue weighted by Crippen LogP contribution is 2.37. The summed E-state index contributed by atoms with van der Waals surface area (Å²) in [5.74, 6) is 0.0101. The number of hydrogen-bond acceptors (Lipinski definition) is 5. The molecule has 1 N–H and O–H groups in total. The van der Waals surface area contributed by atoms with Crippen LogP contribution in [0.4, 0.5) is 4.79 Å². The van der Waals surface area contributed by atoms with Gasteiger partial charge in [-0.2, -0.15) is 0 Å². The molecular formula is C18H13Cl2NO4S. The second-order valence-corrected chi connectivity index (χ2v) is 7.16. The minimum Gasteiger partial charge on any atom is -0.506 e. The third-order valence-electron chi connectivity index (χ3n) is 3.54. The van der Waals surface area contributed by atoms with Crippen molar-refractivity contribution in [2.45, 2.75) is 0 Å². The fourth-order valence-corrected chi connectivity index (χ4v) is 3.67. The molecule has 2 amide bonds. The van der Waals surface area contributed by atoms with Crippen molar-refractivity contribution in [3.63, 3.8) is 0 Å². The van der Waals surface area contributed by atoms with Gasteiger partial charge in [0.05, 0.1) is 16.5 Å². The van der Waals surface area contributed by atoms with Gasteiger partial charge in [0, 0.05) is 10.6 Å². The number of carbonyl (C=O) groups is 2. The Bertz CT molecular complexity index is 886. The summed E-state index contributed by atoms with van der Waals surface area (Å²) >= 11 is 12.6. The summed E-state index contributed by atoms with van der Waals surface area (Å²) in [6.45, 7) is 0.308. The van der Waals surface area contributed by atoms with Crippen molar-refractivity contribution >= 4 is 52.2 Å². The summed E-state index contributed by atoms with van der Waals surface area (Å²) < 4.78 is 5.52. The minimum atomic E-state index is -0.452. The summed E-state index contributed by atoms with van der Waals surface area (Å²) in [6.07, 6.45) is 1.40. The van der Waals surface area contributed by atoms with Gasteiger partial charge < -0.3 is 9.84 Å². The summed E-state index contributed by atoms with van der Waals surface area (Å²) in [6, 6.07) is 12.0. The highest BCUT2D eigenvalue weighted by atomic mass is 35.5. The Balaban J connectivity index is 1.70. The van der Waals surface area contributed by atoms with E-state index in [2.05, 4.69) is 0 Å². The van der Waals surface area contributed by atoms with Crippen LogP contribution < -0.4 is 4.74 Å². The first-order chi connectivity index (χ1) is 12.5. The molecule has 1 aliphatic heterocycles. The van der Waals surface area contributed by atoms with E-state index in [1.54, 1.807) is 12.1 Å². The van der Waals surface area contributed by atoms with E-state index in [9.17, 15) is 14.7 Å². The number of phenolic OH excluding ortho intramolecular Hbond substituents is 1. The van der Waals surface area contributed by atoms with Crippen LogP contribution in [0.25, 0.3) is 6.08 Å². The highest BCUT2D eigenvalue weighted by molar-refractivity contribution is 8.18. The van der Waals surface area contributed by atoms with E-state index < -0.39 is 11.1 Å². The Kier molecular flexibility index (Phi) is 5.76. The number of imide groups is 1. The Morgan fingerprint density at radius 3 is 2.62 bits per heavy atom. The molecule has 5 nitrogen and oxygen atoms in total. The first-order valence-corrected chi connectivity index (χ1v) is 9.14. The molecule has 26 heavy (non-hydrogen) atoms. The van der Waals surface area contributed by atoms with Crippen LogP contribution in [-0.2, 0) is 4.79 Å². The SMILES string of the molecule is O=C1S/C(=C\c2cc(Cl)cc(Cl)c2O)C(=O)N1CCOc1ccccc1. The molecule has 0 unspecified atom stereocenters. The number of rotatable bonds is 5. The summed E-state index contributed by atoms with van der Waals surface area (Å²) in [5, 5.41) is 9.98. The van der Waals surface area contributed by atoms with E-state index >= 15 is 0 Å². The van der Waals surface area contributed by atoms with Crippen molar-refractivity contribution in [2.24, 2.45) is 0 Å². The van der Waals surface area contributed by atoms with Gasteiger partial charge in [-0.1, -0.05) is 41.4 Å². The number of amides is 2. The number of nitrogens with zero attached hydrogens (tertiary/aromatic N) is 1. The molecule has 0 saturated carbocycles. The molecule has 1 aliphatic rings. The van der Waals surface area contributed by atoms with Gasteiger partial charge >= 0.3 is 0 Å². The number of para-hydroxylation sites is 1. The van der Waals surface area contributed by atoms with Crippen LogP contribution in [0.5, 0.6) is 11.5 Å². The van der Waals surface area contributed by atoms with Crippen molar-refractivity contribution in [3.8, 4) is 11.5 Å². The van der Waals surface area contributed by atoms with Crippen molar-refractivity contribution in [1.29, 1.82) is 0 Å². The van der Waals surface area contributed by atoms with Crippen molar-refractivity contribution in [3.05, 3.63) is 63.0 Å². The number of phenols is 1. The van der Waals surface area contributed by atoms with Crippen molar-refractivity contribution in [1.82, 2.24) is 4.90 Å². The van der Waals surface area contributed by atoms with E-state index in [1.807, 2.05) is 18.2 Å². The summed E-state index contributed by atoms with van der Waals surface area (Å²) in [5.41, 5.74) is 0.272. The number of carbonyl (C=O) groups excluding carboxylic acids is 2. The van der Waals surface area contributed by atoms with Crippen LogP contribution in [0.15, 0.2) is 47.4 Å². The lowest BCUT2D eigenvalue weighted by atomic mass is 10.2. The van der Waals surface area contributed by atoms with E-state index in [-0.39, 0.29) is 34.4 Å². The second kappa shape index (κ2) is 8.03. The molecule has 1 fully saturated rings. The van der Waals surface area contributed by atoms with E-state index in [4.69, 9.17) is 27.9 Å². The molecule has 0 atom stereocenters. The molecule has 2 aromatic rings. The summed E-state index contributed by atoms with van der Waals surface area (Å²) in [7, 11) is 0. The molecule has 3 rings (SSSR count). The minimum absolute atomic E-state index is 0.0687. The smallest absolute Gasteiger partial charge is 0.293 e. The van der Waals surface area contributed by atoms with Gasteiger partial charge in [0.25, 0.3) is 11.1 Å². The molecule has 1 saturated heterocycles. The van der Waals surface area contributed by atoms with Gasteiger partial charge in [0.1, 0.15) is 18.1 Å². The zero-order valence-corrected chi connectivity index (χ0v) is 15.6. The largest absolute Gasteiger partial charge is 0.506 e. The topological polar surface area (TPSA) is 66.8 Å². The van der Waals surface area contributed by atoms with E-state index in [1.165, 1.54) is 18.2 Å². The van der Waals surface area contributed by atoms with Crippen LogP contribution in [-0.4, -0.2) is 34.3 Å². The molecule has 2 aromatic carbocycles. The quantitative estimate of drug-likeness (QED) is 0.717. The van der Waals surface area contributed by atoms with Gasteiger partial charge in [-0.05, 0) is 42.1 Å². The summed E-state index contributed by atoms with van der Waals surface area (Å²) in [4.78, 5) is 25.8. The van der Waals surface area contributed by atoms with Gasteiger partial charge in [0.15, 0.2) is 0 Å². The van der Waals surface area contributed by atoms with Gasteiger partial charge in [-0.25, -0.2) is 0 Å². The molecule has 8 heteroatoms. The third kappa shape index (κ3) is 4.15. The van der Waals surface area contributed by atoms with Gasteiger partial charge in [-0.3, -0.25) is 14.5 Å². The fraction of sp³-hybridized carbons (Fsp3) is 0.111. The maximum atomic E-state index is 12.5. The Hall–Kier alpha value is -2.15. The maximum Gasteiger partial charge on any atom is 0.293 e. The molecule has 134 valence electrons. The first-order valence-electron chi connectivity index (χ1n) is 7.57. The molecule has 0 radical (unpaired) electrons. The van der Waals surface area contributed by atoms with Crippen molar-refractivity contribution in [2.75, 3.05) is 13.2 Å². The first kappa shape index (κ1) is 18.6. The molecule has 0 bridgehead atoms. The molecule has 0 aromatic heterocycles. The molecule has 0 aliphatic carbocycles. The number of aromatic hydroxyl groups is 1. The average molecular weight is 410 g/mol. The van der Waals surface area contributed by atoms with Gasteiger partial charge in [-0.15, -0.1) is 0 Å². The average Bonchev–Trinajstić information content (AvgIpc) is 2.87. The lowest BCUT2D eigenvalue weighted by Gasteiger charge is -2.13. The molecular weight excluding hydrogens is 397 g/mol. The van der Waals surface area contributed by atoms with Crippen LogP contribution in [0.3, 0.4) is 0 Å². The number of thioether (sulfide) groups is 1. The predicted octanol–water partition coefficient (Wildman–Crippen LogP) is 4.81. The lowest BCUT2D eigenvalue weighted by Crippen LogP contribution is -2.32. The second-order valence-electron chi connectivity index (χ2n) is 5.32. The predicted molar refractivity (Wildman–Crippen MR) is 103 cm³/mol. The monoisotopic (exact) mass is 409 g/mol. The Morgan fingerprint density at radius 1 is 1.15 bits per heavy atom. The molecule has 1 heterocycles. The van der Waals surface area contributed by atoms with Crippen LogP contribution in [0.1, 0.15) is 5.56 Å². The number of halogens is 2. The number of benzene rings is 2. The zero-order chi connectivity index (χ0) is 18.7. The normalized spacial score (nSPS) is 15.8. The third-order valence-corrected chi connectivity index (χ3v) is 4.96. The number of hydrogen-bond donors (Lipinski definition) is 1. The van der Waals surface area contributed by atoms with Crippen LogP contribution in [0, 0.1) is 0 Å². The van der Waals surface area contributed by atoms with E-state index in [0.717, 1.165) is 16.7 Å². The zero-order valence-electron chi connectivity index (χ0n) is 13.3. The van der Waals surface area contributed by atoms with Crippen LogP contribution >= 0.6 is 35.0 Å². The number of ether oxygens (including phenoxy) is 1. The lowest BCUT2D eigenvalue weighted by molar-refractivity contribution is -0.123.